The topological polar surface area (TPSA) is 151 Å². The number of sulfonamides is 1. The van der Waals surface area contributed by atoms with Crippen molar-refractivity contribution in [3.8, 4) is 5.75 Å². The molecule has 11 nitrogen and oxygen atoms in total. The van der Waals surface area contributed by atoms with Gasteiger partial charge in [0.2, 0.25) is 0 Å². The first-order valence-electron chi connectivity index (χ1n) is 12.3. The van der Waals surface area contributed by atoms with Gasteiger partial charge in [0.15, 0.2) is 0 Å². The summed E-state index contributed by atoms with van der Waals surface area (Å²) in [6.07, 6.45) is -4.15. The van der Waals surface area contributed by atoms with Crippen LogP contribution in [0.15, 0.2) is 53.4 Å². The van der Waals surface area contributed by atoms with E-state index in [1.165, 1.54) is 18.2 Å². The predicted octanol–water partition coefficient (Wildman–Crippen LogP) is 4.77. The number of carboxylic acid groups (broad SMARTS) is 2. The second kappa shape index (κ2) is 13.9. The minimum absolute atomic E-state index is 0.00678. The lowest BCUT2D eigenvalue weighted by Gasteiger charge is -2.22. The fraction of sp³-hybridized carbons (Fsp3) is 0.346. The van der Waals surface area contributed by atoms with Crippen LogP contribution >= 0.6 is 0 Å². The van der Waals surface area contributed by atoms with Crippen molar-refractivity contribution in [2.24, 2.45) is 0 Å². The van der Waals surface area contributed by atoms with Gasteiger partial charge in [0.05, 0.1) is 40.7 Å². The first-order chi connectivity index (χ1) is 19.1. The Hall–Kier alpha value is -4.27. The molecule has 0 radical (unpaired) electrons. The zero-order chi connectivity index (χ0) is 31.0. The number of aromatic nitrogens is 2. The van der Waals surface area contributed by atoms with Gasteiger partial charge in [-0.05, 0) is 68.8 Å². The van der Waals surface area contributed by atoms with Gasteiger partial charge in [-0.15, -0.1) is 0 Å². The van der Waals surface area contributed by atoms with Crippen molar-refractivity contribution < 1.29 is 46.1 Å². The molecule has 224 valence electrons. The van der Waals surface area contributed by atoms with E-state index >= 15 is 0 Å². The molecule has 0 aliphatic heterocycles. The number of nitrogens with one attached hydrogen (secondary N) is 1. The highest BCUT2D eigenvalue weighted by Crippen LogP contribution is 2.27. The van der Waals surface area contributed by atoms with Gasteiger partial charge in [-0.3, -0.25) is 9.40 Å². The SMILES string of the molecule is CCCn1nc(C)cc1CN(C)c1ccc(NS(=O)(=O)c2ccc(OCC)cc2)cc1C(=O)O.O=C(O)C(F)(F)F. The molecule has 0 saturated carbocycles. The fourth-order valence-corrected chi connectivity index (χ4v) is 4.71. The highest BCUT2D eigenvalue weighted by Gasteiger charge is 2.38. The van der Waals surface area contributed by atoms with Crippen LogP contribution in [0.4, 0.5) is 24.5 Å². The van der Waals surface area contributed by atoms with Crippen LogP contribution in [0.3, 0.4) is 0 Å². The fourth-order valence-electron chi connectivity index (χ4n) is 3.66. The minimum atomic E-state index is -5.08. The van der Waals surface area contributed by atoms with Gasteiger partial charge in [0.25, 0.3) is 10.0 Å². The summed E-state index contributed by atoms with van der Waals surface area (Å²) in [4.78, 5) is 22.8. The monoisotopic (exact) mass is 600 g/mol. The molecule has 41 heavy (non-hydrogen) atoms. The molecule has 0 amide bonds. The average Bonchev–Trinajstić information content (AvgIpc) is 3.22. The number of aryl methyl sites for hydroxylation is 2. The van der Waals surface area contributed by atoms with Gasteiger partial charge in [-0.25, -0.2) is 18.0 Å². The van der Waals surface area contributed by atoms with Crippen molar-refractivity contribution >= 4 is 33.3 Å². The Bertz CT molecular complexity index is 1460. The molecule has 1 aromatic heterocycles. The number of carboxylic acids is 2. The first-order valence-corrected chi connectivity index (χ1v) is 13.7. The van der Waals surface area contributed by atoms with Crippen molar-refractivity contribution in [2.75, 3.05) is 23.3 Å². The molecular formula is C26H31F3N4O7S. The van der Waals surface area contributed by atoms with Crippen molar-refractivity contribution in [3.63, 3.8) is 0 Å². The first kappa shape index (κ1) is 32.9. The van der Waals surface area contributed by atoms with Crippen LogP contribution in [0.2, 0.25) is 0 Å². The number of halogens is 3. The van der Waals surface area contributed by atoms with Crippen molar-refractivity contribution in [3.05, 3.63) is 65.5 Å². The van der Waals surface area contributed by atoms with Crippen LogP contribution in [0, 0.1) is 6.92 Å². The molecule has 0 saturated heterocycles. The van der Waals surface area contributed by atoms with Gasteiger partial charge < -0.3 is 19.8 Å². The van der Waals surface area contributed by atoms with E-state index in [1.807, 2.05) is 29.5 Å². The summed E-state index contributed by atoms with van der Waals surface area (Å²) in [6.45, 7) is 7.54. The third-order valence-corrected chi connectivity index (χ3v) is 6.80. The van der Waals surface area contributed by atoms with E-state index in [4.69, 9.17) is 14.6 Å². The van der Waals surface area contributed by atoms with E-state index in [9.17, 15) is 31.5 Å². The molecule has 0 bridgehead atoms. The molecule has 0 atom stereocenters. The van der Waals surface area contributed by atoms with E-state index in [-0.39, 0.29) is 16.1 Å². The Morgan fingerprint density at radius 2 is 1.68 bits per heavy atom. The lowest BCUT2D eigenvalue weighted by atomic mass is 10.1. The average molecular weight is 601 g/mol. The summed E-state index contributed by atoms with van der Waals surface area (Å²) in [5.74, 6) is -3.34. The predicted molar refractivity (Wildman–Crippen MR) is 145 cm³/mol. The summed E-state index contributed by atoms with van der Waals surface area (Å²) < 4.78 is 67.1. The largest absolute Gasteiger partial charge is 0.494 e. The van der Waals surface area contributed by atoms with E-state index < -0.39 is 28.1 Å². The highest BCUT2D eigenvalue weighted by molar-refractivity contribution is 7.92. The highest BCUT2D eigenvalue weighted by atomic mass is 32.2. The summed E-state index contributed by atoms with van der Waals surface area (Å²) in [5, 5.41) is 21.4. The molecule has 0 spiro atoms. The van der Waals surface area contributed by atoms with Crippen molar-refractivity contribution in [1.82, 2.24) is 9.78 Å². The summed E-state index contributed by atoms with van der Waals surface area (Å²) in [5.41, 5.74) is 2.49. The van der Waals surface area contributed by atoms with E-state index in [0.717, 1.165) is 24.4 Å². The third-order valence-electron chi connectivity index (χ3n) is 5.40. The number of nitrogens with zero attached hydrogens (tertiary/aromatic N) is 3. The zero-order valence-corrected chi connectivity index (χ0v) is 23.6. The number of carbonyl (C=O) groups is 2. The lowest BCUT2D eigenvalue weighted by Crippen LogP contribution is -2.22. The number of benzene rings is 2. The van der Waals surface area contributed by atoms with Crippen LogP contribution < -0.4 is 14.4 Å². The summed E-state index contributed by atoms with van der Waals surface area (Å²) in [6, 6.07) is 12.5. The second-order valence-corrected chi connectivity index (χ2v) is 10.4. The van der Waals surface area contributed by atoms with Gasteiger partial charge in [-0.2, -0.15) is 18.3 Å². The molecule has 0 fully saturated rings. The van der Waals surface area contributed by atoms with E-state index in [0.29, 0.717) is 24.6 Å². The van der Waals surface area contributed by atoms with Crippen LogP contribution in [-0.4, -0.2) is 60.2 Å². The number of hydrogen-bond acceptors (Lipinski definition) is 7. The molecular weight excluding hydrogens is 569 g/mol. The Balaban J connectivity index is 0.000000745. The molecule has 0 unspecified atom stereocenters. The van der Waals surface area contributed by atoms with Gasteiger partial charge in [0, 0.05) is 19.3 Å². The quantitative estimate of drug-likeness (QED) is 0.283. The van der Waals surface area contributed by atoms with Gasteiger partial charge in [-0.1, -0.05) is 6.92 Å². The maximum atomic E-state index is 12.8. The number of rotatable bonds is 11. The van der Waals surface area contributed by atoms with Crippen LogP contribution in [-0.2, 0) is 27.9 Å². The molecule has 15 heteroatoms. The Morgan fingerprint density at radius 1 is 1.07 bits per heavy atom. The van der Waals surface area contributed by atoms with Crippen LogP contribution in [0.5, 0.6) is 5.75 Å². The Labute approximate surface area is 235 Å². The van der Waals surface area contributed by atoms with Crippen LogP contribution in [0.1, 0.15) is 42.0 Å². The maximum Gasteiger partial charge on any atom is 0.490 e. The second-order valence-electron chi connectivity index (χ2n) is 8.71. The number of hydrogen-bond donors (Lipinski definition) is 3. The normalized spacial score (nSPS) is 11.3. The molecule has 3 aromatic rings. The summed E-state index contributed by atoms with van der Waals surface area (Å²) >= 11 is 0. The number of aromatic carboxylic acids is 1. The van der Waals surface area contributed by atoms with Crippen molar-refractivity contribution in [2.45, 2.75) is 51.4 Å². The molecule has 0 aliphatic carbocycles. The molecule has 0 aliphatic rings. The maximum absolute atomic E-state index is 12.8. The number of aliphatic carboxylic acids is 1. The number of alkyl halides is 3. The third kappa shape index (κ3) is 9.41. The Kier molecular flexibility index (Phi) is 11.1. The smallest absolute Gasteiger partial charge is 0.490 e. The van der Waals surface area contributed by atoms with E-state index in [1.54, 1.807) is 31.3 Å². The molecule has 3 rings (SSSR count). The van der Waals surface area contributed by atoms with Gasteiger partial charge in [0.1, 0.15) is 5.75 Å². The van der Waals surface area contributed by atoms with Gasteiger partial charge >= 0.3 is 18.1 Å². The molecule has 3 N–H and O–H groups in total. The summed E-state index contributed by atoms with van der Waals surface area (Å²) in [7, 11) is -2.11. The molecule has 2 aromatic carbocycles. The standard InChI is InChI=1S/C24H30N4O5S.C2HF3O2/c1-5-13-28-19(14-17(3)25-28)16-27(4)23-12-7-18(15-22(23)24(29)30)26-34(31,32)21-10-8-20(9-11-21)33-6-2;3-2(4,5)1(6)7/h7-12,14-15,26H,5-6,13,16H2,1-4H3,(H,29,30);(H,6,7). The minimum Gasteiger partial charge on any atom is -0.494 e. The number of anilines is 2. The van der Waals surface area contributed by atoms with Crippen LogP contribution in [0.25, 0.3) is 0 Å². The van der Waals surface area contributed by atoms with Crippen molar-refractivity contribution in [1.29, 1.82) is 0 Å². The lowest BCUT2D eigenvalue weighted by molar-refractivity contribution is -0.192. The zero-order valence-electron chi connectivity index (χ0n) is 22.8. The van der Waals surface area contributed by atoms with E-state index in [2.05, 4.69) is 16.7 Å². The molecule has 1 heterocycles. The number of ether oxygens (including phenoxy) is 1. The Morgan fingerprint density at radius 3 is 2.20 bits per heavy atom.